The number of allylic oxidation sites excluding steroid dienone is 5. The van der Waals surface area contributed by atoms with Crippen LogP contribution in [-0.2, 0) is 47.5 Å². The molecule has 0 bridgehead atoms. The lowest BCUT2D eigenvalue weighted by atomic mass is 9.76. The van der Waals surface area contributed by atoms with Crippen LogP contribution in [0.2, 0.25) is 0 Å². The zero-order valence-electron chi connectivity index (χ0n) is 33.3. The number of carbonyl (C=O) groups is 3. The summed E-state index contributed by atoms with van der Waals surface area (Å²) in [5, 5.41) is 12.1. The minimum Gasteiger partial charge on any atom is -0.490 e. The molecule has 2 aliphatic rings. The van der Waals surface area contributed by atoms with Gasteiger partial charge >= 0.3 is 17.9 Å². The molecular weight excluding hydrogens is 656 g/mol. The summed E-state index contributed by atoms with van der Waals surface area (Å²) < 4.78 is 41.8. The first-order chi connectivity index (χ1) is 23.8. The van der Waals surface area contributed by atoms with Crippen LogP contribution in [0.5, 0.6) is 0 Å². The molecule has 0 aliphatic carbocycles. The Bertz CT molecular complexity index is 1300. The van der Waals surface area contributed by atoms with Crippen molar-refractivity contribution in [3.05, 3.63) is 47.3 Å². The molecule has 0 aromatic carbocycles. The van der Waals surface area contributed by atoms with Gasteiger partial charge in [-0.1, -0.05) is 83.9 Å². The Labute approximate surface area is 305 Å². The summed E-state index contributed by atoms with van der Waals surface area (Å²) in [6.45, 7) is 20.3. The molecule has 0 amide bonds. The summed E-state index contributed by atoms with van der Waals surface area (Å²) in [5.74, 6) is -4.44. The fourth-order valence-electron chi connectivity index (χ4n) is 7.59. The van der Waals surface area contributed by atoms with Gasteiger partial charge in [-0.05, 0) is 38.2 Å². The van der Waals surface area contributed by atoms with Crippen molar-refractivity contribution in [2.45, 2.75) is 131 Å². The van der Waals surface area contributed by atoms with Crippen LogP contribution in [0.25, 0.3) is 0 Å². The summed E-state index contributed by atoms with van der Waals surface area (Å²) >= 11 is 0. The van der Waals surface area contributed by atoms with Gasteiger partial charge in [-0.15, -0.1) is 0 Å². The molecule has 2 aliphatic heterocycles. The molecule has 0 saturated carbocycles. The van der Waals surface area contributed by atoms with Crippen molar-refractivity contribution in [3.8, 4) is 0 Å². The van der Waals surface area contributed by atoms with Crippen molar-refractivity contribution in [2.75, 3.05) is 21.3 Å². The van der Waals surface area contributed by atoms with Gasteiger partial charge in [0.1, 0.15) is 24.4 Å². The summed E-state index contributed by atoms with van der Waals surface area (Å²) in [4.78, 5) is 37.9. The van der Waals surface area contributed by atoms with Crippen molar-refractivity contribution in [1.82, 2.24) is 0 Å². The lowest BCUT2D eigenvalue weighted by Gasteiger charge is -2.51. The topological polar surface area (TPSA) is 136 Å². The van der Waals surface area contributed by atoms with Crippen LogP contribution < -0.4 is 0 Å². The highest BCUT2D eigenvalue weighted by molar-refractivity contribution is 5.87. The second-order valence-electron chi connectivity index (χ2n) is 14.9. The zero-order chi connectivity index (χ0) is 38.8. The molecule has 0 radical (unpaired) electrons. The Kier molecular flexibility index (Phi) is 17.1. The molecule has 12 atom stereocenters. The third-order valence-electron chi connectivity index (χ3n) is 10.4. The van der Waals surface area contributed by atoms with Crippen LogP contribution in [0, 0.1) is 35.5 Å². The van der Waals surface area contributed by atoms with Crippen molar-refractivity contribution in [3.63, 3.8) is 0 Å². The van der Waals surface area contributed by atoms with E-state index in [1.807, 2.05) is 73.6 Å². The van der Waals surface area contributed by atoms with E-state index >= 15 is 0 Å². The third-order valence-corrected chi connectivity index (χ3v) is 10.4. The van der Waals surface area contributed by atoms with E-state index in [0.29, 0.717) is 12.0 Å². The van der Waals surface area contributed by atoms with E-state index in [-0.39, 0.29) is 47.9 Å². The molecule has 2 rings (SSSR count). The van der Waals surface area contributed by atoms with Gasteiger partial charge in [0, 0.05) is 58.2 Å². The first-order valence-corrected chi connectivity index (χ1v) is 18.1. The van der Waals surface area contributed by atoms with E-state index in [1.165, 1.54) is 35.2 Å². The predicted molar refractivity (Wildman–Crippen MR) is 194 cm³/mol. The molecule has 1 fully saturated rings. The Morgan fingerprint density at radius 2 is 1.61 bits per heavy atom. The van der Waals surface area contributed by atoms with E-state index in [0.717, 1.165) is 5.57 Å². The summed E-state index contributed by atoms with van der Waals surface area (Å²) in [6.07, 6.45) is 5.88. The number of methoxy groups -OCH3 is 3. The number of hydrogen-bond acceptors (Lipinski definition) is 11. The number of rotatable bonds is 10. The van der Waals surface area contributed by atoms with E-state index in [9.17, 15) is 19.5 Å². The average Bonchev–Trinajstić information content (AvgIpc) is 3.06. The average molecular weight is 721 g/mol. The van der Waals surface area contributed by atoms with Crippen LogP contribution in [-0.4, -0.2) is 86.8 Å². The number of esters is 3. The second-order valence-corrected chi connectivity index (χ2v) is 14.9. The molecule has 0 aromatic heterocycles. The Balaban J connectivity index is 2.61. The first kappa shape index (κ1) is 44.2. The molecule has 1 saturated heterocycles. The number of ether oxygens (including phenoxy) is 7. The quantitative estimate of drug-likeness (QED) is 0.196. The number of hydrogen-bond donors (Lipinski definition) is 1. The van der Waals surface area contributed by atoms with Gasteiger partial charge in [-0.3, -0.25) is 9.59 Å². The summed E-state index contributed by atoms with van der Waals surface area (Å²) in [5.41, 5.74) is 1.77. The molecule has 11 nitrogen and oxygen atoms in total. The summed E-state index contributed by atoms with van der Waals surface area (Å²) in [7, 11) is 4.42. The van der Waals surface area contributed by atoms with E-state index in [2.05, 4.69) is 0 Å². The molecule has 290 valence electrons. The summed E-state index contributed by atoms with van der Waals surface area (Å²) in [6, 6.07) is 0. The Morgan fingerprint density at radius 1 is 0.980 bits per heavy atom. The highest BCUT2D eigenvalue weighted by Gasteiger charge is 2.54. The lowest BCUT2D eigenvalue weighted by Crippen LogP contribution is -2.60. The van der Waals surface area contributed by atoms with Gasteiger partial charge < -0.3 is 38.3 Å². The van der Waals surface area contributed by atoms with Gasteiger partial charge in [0.15, 0.2) is 5.79 Å². The maximum absolute atomic E-state index is 13.8. The van der Waals surface area contributed by atoms with Crippen molar-refractivity contribution < 1.29 is 52.6 Å². The molecular formula is C40H64O11. The second kappa shape index (κ2) is 19.7. The lowest BCUT2D eigenvalue weighted by molar-refractivity contribution is -0.339. The molecule has 0 aromatic rings. The van der Waals surface area contributed by atoms with E-state index in [4.69, 9.17) is 33.2 Å². The van der Waals surface area contributed by atoms with E-state index < -0.39 is 60.1 Å². The number of cyclic esters (lactones) is 1. The van der Waals surface area contributed by atoms with Crippen LogP contribution >= 0.6 is 0 Å². The minimum atomic E-state index is -1.31. The van der Waals surface area contributed by atoms with Crippen LogP contribution in [0.15, 0.2) is 47.3 Å². The highest BCUT2D eigenvalue weighted by atomic mass is 16.7. The zero-order valence-corrected chi connectivity index (χ0v) is 33.3. The normalized spacial score (nSPS) is 33.2. The van der Waals surface area contributed by atoms with Crippen molar-refractivity contribution >= 4 is 17.9 Å². The largest absolute Gasteiger partial charge is 0.490 e. The van der Waals surface area contributed by atoms with Crippen LogP contribution in [0.3, 0.4) is 0 Å². The molecule has 0 spiro atoms. The maximum Gasteiger partial charge on any atom is 0.373 e. The maximum atomic E-state index is 13.8. The minimum absolute atomic E-state index is 0.00203. The molecule has 51 heavy (non-hydrogen) atoms. The number of carbonyl (C=O) groups excluding carboxylic acids is 3. The SMILES string of the molecule is COC1=CC(C)=CC(C)C(OC(C)=O)C(C)CC(C)=CC=CC(OC)C(C(C)C(O)C(C)C2(OC)CC(OC(C)=O)C(C)C(C(C)C)O2)OC1=O. The molecule has 12 unspecified atom stereocenters. The van der Waals surface area contributed by atoms with Gasteiger partial charge in [0.05, 0.1) is 19.3 Å². The van der Waals surface area contributed by atoms with Gasteiger partial charge in [0.2, 0.25) is 5.76 Å². The Hall–Kier alpha value is -2.99. The van der Waals surface area contributed by atoms with Gasteiger partial charge in [0.25, 0.3) is 0 Å². The number of aliphatic hydroxyl groups excluding tert-OH is 1. The fraction of sp³-hybridized carbons (Fsp3) is 0.725. The molecule has 11 heteroatoms. The molecule has 2 heterocycles. The fourth-order valence-corrected chi connectivity index (χ4v) is 7.59. The standard InChI is InChI=1S/C40H64O11/c1-22(2)36-27(7)34(48-30(10)41)21-40(47-14,51-36)29(9)35(43)28(8)38-32(45-12)17-15-16-23(3)18-25(5)37(49-31(11)42)26(6)19-24(4)20-33(46-13)39(44)50-38/h15-17,19-20,22,25-29,32,34-38,43H,18,21H2,1-14H3. The van der Waals surface area contributed by atoms with Gasteiger partial charge in [-0.2, -0.15) is 0 Å². The van der Waals surface area contributed by atoms with Crippen LogP contribution in [0.4, 0.5) is 0 Å². The Morgan fingerprint density at radius 3 is 2.14 bits per heavy atom. The highest BCUT2D eigenvalue weighted by Crippen LogP contribution is 2.44. The third kappa shape index (κ3) is 11.8. The smallest absolute Gasteiger partial charge is 0.373 e. The molecule has 1 N–H and O–H groups in total. The van der Waals surface area contributed by atoms with E-state index in [1.54, 1.807) is 19.1 Å². The van der Waals surface area contributed by atoms with Crippen LogP contribution in [0.1, 0.15) is 89.0 Å². The first-order valence-electron chi connectivity index (χ1n) is 18.1. The monoisotopic (exact) mass is 720 g/mol. The predicted octanol–water partition coefficient (Wildman–Crippen LogP) is 6.49. The van der Waals surface area contributed by atoms with Crippen molar-refractivity contribution in [2.24, 2.45) is 35.5 Å². The number of aliphatic hydroxyl groups is 1. The van der Waals surface area contributed by atoms with Gasteiger partial charge in [-0.25, -0.2) is 4.79 Å². The van der Waals surface area contributed by atoms with Crippen molar-refractivity contribution in [1.29, 1.82) is 0 Å².